The van der Waals surface area contributed by atoms with Gasteiger partial charge in [-0.25, -0.2) is 4.98 Å². The van der Waals surface area contributed by atoms with Crippen LogP contribution in [-0.4, -0.2) is 14.7 Å². The summed E-state index contributed by atoms with van der Waals surface area (Å²) in [6, 6.07) is 61.4. The minimum Gasteiger partial charge on any atom is -0.507 e. The van der Waals surface area contributed by atoms with Gasteiger partial charge in [0.25, 0.3) is 0 Å². The Morgan fingerprint density at radius 3 is 1.76 bits per heavy atom. The number of hydrogen-bond donors (Lipinski definition) is 1. The van der Waals surface area contributed by atoms with Crippen molar-refractivity contribution < 1.29 is 5.11 Å². The zero-order valence-electron chi connectivity index (χ0n) is 30.8. The number of anilines is 3. The Kier molecular flexibility index (Phi) is 9.15. The van der Waals surface area contributed by atoms with Crippen LogP contribution >= 0.6 is 0 Å². The summed E-state index contributed by atoms with van der Waals surface area (Å²) in [7, 11) is 0. The van der Waals surface area contributed by atoms with E-state index in [4.69, 9.17) is 4.98 Å². The zero-order chi connectivity index (χ0) is 37.1. The Bertz CT molecular complexity index is 2600. The fourth-order valence-electron chi connectivity index (χ4n) is 7.83. The Hall–Kier alpha value is -6.91. The molecular formula is C51H41N3O. The van der Waals surface area contributed by atoms with Crippen LogP contribution in [0.15, 0.2) is 182 Å². The van der Waals surface area contributed by atoms with Gasteiger partial charge in [0.05, 0.1) is 11.4 Å². The van der Waals surface area contributed by atoms with Crippen molar-refractivity contribution in [3.63, 3.8) is 0 Å². The van der Waals surface area contributed by atoms with Crippen molar-refractivity contribution in [2.75, 3.05) is 4.90 Å². The molecule has 0 saturated heterocycles. The molecule has 4 nitrogen and oxygen atoms in total. The van der Waals surface area contributed by atoms with Gasteiger partial charge in [0.15, 0.2) is 0 Å². The summed E-state index contributed by atoms with van der Waals surface area (Å²) >= 11 is 0. The molecule has 7 aromatic carbocycles. The topological polar surface area (TPSA) is 41.3 Å². The normalized spacial score (nSPS) is 12.0. The van der Waals surface area contributed by atoms with E-state index in [-0.39, 0.29) is 0 Å². The predicted molar refractivity (Wildman–Crippen MR) is 229 cm³/mol. The van der Waals surface area contributed by atoms with Gasteiger partial charge in [-0.15, -0.1) is 0 Å². The van der Waals surface area contributed by atoms with Crippen molar-refractivity contribution in [3.8, 4) is 61.6 Å². The summed E-state index contributed by atoms with van der Waals surface area (Å²) < 4.78 is 2.35. The number of nitrogens with zero attached hydrogens (tertiary/aromatic N) is 3. The lowest BCUT2D eigenvalue weighted by Gasteiger charge is -2.26. The molecule has 4 heteroatoms. The molecule has 1 aromatic heterocycles. The van der Waals surface area contributed by atoms with Crippen LogP contribution in [-0.2, 0) is 13.0 Å². The zero-order valence-corrected chi connectivity index (χ0v) is 30.8. The number of para-hydroxylation sites is 2. The van der Waals surface area contributed by atoms with Crippen molar-refractivity contribution in [2.24, 2.45) is 0 Å². The fourth-order valence-corrected chi connectivity index (χ4v) is 7.83. The minimum absolute atomic E-state index is 0.312. The maximum Gasteiger partial charge on any atom is 0.133 e. The SMILES string of the molecule is CCc1ccccc1-c1cccc(-c2ccc(-c3ccc(N(c4ccccc4)c4ccc(-c5nc6n(c5-c5ccccc5)CCC=C6)cc4)cc3)cc2)c1O. The number of aromatic hydroxyl groups is 1. The summed E-state index contributed by atoms with van der Waals surface area (Å²) in [6.07, 6.45) is 6.26. The van der Waals surface area contributed by atoms with Crippen LogP contribution in [0.2, 0.25) is 0 Å². The van der Waals surface area contributed by atoms with Crippen LogP contribution in [0.25, 0.3) is 62.0 Å². The van der Waals surface area contributed by atoms with E-state index in [0.29, 0.717) is 5.75 Å². The summed E-state index contributed by atoms with van der Waals surface area (Å²) in [5, 5.41) is 11.4. The highest BCUT2D eigenvalue weighted by Crippen LogP contribution is 2.41. The molecule has 1 aliphatic rings. The van der Waals surface area contributed by atoms with Crippen LogP contribution < -0.4 is 4.90 Å². The van der Waals surface area contributed by atoms with Gasteiger partial charge in [-0.1, -0.05) is 153 Å². The van der Waals surface area contributed by atoms with Crippen molar-refractivity contribution in [3.05, 3.63) is 193 Å². The quantitative estimate of drug-likeness (QED) is 0.162. The second-order valence-corrected chi connectivity index (χ2v) is 13.9. The standard InChI is InChI=1S/C51H41N3O/c1-2-36-14-9-10-19-45(36)47-21-13-20-46(51(47)55)39-25-23-37(24-26-39)38-27-31-43(32-28-38)54(42-17-7-4-8-18-42)44-33-29-40(30-34-44)49-50(41-15-5-3-6-16-41)53-35-12-11-22-48(53)52-49/h3-11,13-34,55H,2,12,35H2,1H3. The van der Waals surface area contributed by atoms with Crippen LogP contribution in [0.3, 0.4) is 0 Å². The molecule has 1 N–H and O–H groups in total. The maximum absolute atomic E-state index is 11.4. The molecule has 0 spiro atoms. The molecule has 0 saturated carbocycles. The second-order valence-electron chi connectivity index (χ2n) is 13.9. The molecule has 0 atom stereocenters. The molecule has 8 aromatic rings. The molecule has 55 heavy (non-hydrogen) atoms. The van der Waals surface area contributed by atoms with Gasteiger partial charge in [-0.05, 0) is 83.1 Å². The Labute approximate surface area is 323 Å². The number of benzene rings is 7. The molecular weight excluding hydrogens is 671 g/mol. The molecule has 0 bridgehead atoms. The van der Waals surface area contributed by atoms with E-state index in [1.54, 1.807) is 0 Å². The lowest BCUT2D eigenvalue weighted by molar-refractivity contribution is 0.479. The van der Waals surface area contributed by atoms with E-state index < -0.39 is 0 Å². The molecule has 0 unspecified atom stereocenters. The summed E-state index contributed by atoms with van der Waals surface area (Å²) in [5.41, 5.74) is 14.9. The first kappa shape index (κ1) is 33.9. The maximum atomic E-state index is 11.4. The highest BCUT2D eigenvalue weighted by atomic mass is 16.3. The van der Waals surface area contributed by atoms with Gasteiger partial charge in [0.1, 0.15) is 11.6 Å². The smallest absolute Gasteiger partial charge is 0.133 e. The molecule has 2 heterocycles. The van der Waals surface area contributed by atoms with Gasteiger partial charge in [0, 0.05) is 45.9 Å². The second kappa shape index (κ2) is 14.8. The number of aryl methyl sites for hydroxylation is 1. The van der Waals surface area contributed by atoms with Crippen LogP contribution in [0.4, 0.5) is 17.1 Å². The number of imidazole rings is 1. The molecule has 0 amide bonds. The summed E-state index contributed by atoms with van der Waals surface area (Å²) in [5.74, 6) is 1.32. The third-order valence-corrected chi connectivity index (χ3v) is 10.6. The largest absolute Gasteiger partial charge is 0.507 e. The van der Waals surface area contributed by atoms with E-state index in [1.807, 2.05) is 24.3 Å². The molecule has 0 fully saturated rings. The lowest BCUT2D eigenvalue weighted by atomic mass is 9.93. The first-order valence-electron chi connectivity index (χ1n) is 19.1. The number of rotatable bonds is 9. The fraction of sp³-hybridized carbons (Fsp3) is 0.0784. The van der Waals surface area contributed by atoms with Crippen LogP contribution in [0.5, 0.6) is 5.75 Å². The van der Waals surface area contributed by atoms with E-state index in [0.717, 1.165) is 86.9 Å². The first-order chi connectivity index (χ1) is 27.2. The van der Waals surface area contributed by atoms with Crippen molar-refractivity contribution in [1.82, 2.24) is 9.55 Å². The monoisotopic (exact) mass is 711 g/mol. The number of phenolic OH excluding ortho intramolecular Hbond substituents is 1. The molecule has 1 aliphatic heterocycles. The Balaban J connectivity index is 1.01. The lowest BCUT2D eigenvalue weighted by Crippen LogP contribution is -2.09. The first-order valence-corrected chi connectivity index (χ1v) is 19.1. The third-order valence-electron chi connectivity index (χ3n) is 10.6. The Morgan fingerprint density at radius 1 is 0.527 bits per heavy atom. The van der Waals surface area contributed by atoms with E-state index >= 15 is 0 Å². The van der Waals surface area contributed by atoms with E-state index in [9.17, 15) is 5.11 Å². The number of fused-ring (bicyclic) bond motifs is 1. The van der Waals surface area contributed by atoms with Gasteiger partial charge >= 0.3 is 0 Å². The van der Waals surface area contributed by atoms with Gasteiger partial charge in [-0.3, -0.25) is 0 Å². The van der Waals surface area contributed by atoms with Crippen LogP contribution in [0.1, 0.15) is 24.7 Å². The average molecular weight is 712 g/mol. The molecule has 0 aliphatic carbocycles. The molecule has 9 rings (SSSR count). The number of allylic oxidation sites excluding steroid dienone is 1. The number of phenols is 1. The summed E-state index contributed by atoms with van der Waals surface area (Å²) in [4.78, 5) is 7.42. The number of aromatic nitrogens is 2. The van der Waals surface area contributed by atoms with E-state index in [1.165, 1.54) is 16.8 Å². The average Bonchev–Trinajstić information content (AvgIpc) is 3.65. The van der Waals surface area contributed by atoms with Crippen molar-refractivity contribution in [1.29, 1.82) is 0 Å². The molecule has 0 radical (unpaired) electrons. The Morgan fingerprint density at radius 2 is 1.07 bits per heavy atom. The van der Waals surface area contributed by atoms with Gasteiger partial charge in [0.2, 0.25) is 0 Å². The van der Waals surface area contributed by atoms with Gasteiger partial charge in [-0.2, -0.15) is 0 Å². The third kappa shape index (κ3) is 6.53. The minimum atomic E-state index is 0.312. The molecule has 266 valence electrons. The highest BCUT2D eigenvalue weighted by molar-refractivity contribution is 5.86. The predicted octanol–water partition coefficient (Wildman–Crippen LogP) is 13.4. The van der Waals surface area contributed by atoms with Crippen LogP contribution in [0, 0.1) is 0 Å². The van der Waals surface area contributed by atoms with E-state index in [2.05, 4.69) is 180 Å². The van der Waals surface area contributed by atoms with Gasteiger partial charge < -0.3 is 14.6 Å². The summed E-state index contributed by atoms with van der Waals surface area (Å²) in [6.45, 7) is 3.07. The number of hydrogen-bond acceptors (Lipinski definition) is 3. The van der Waals surface area contributed by atoms with Crippen molar-refractivity contribution in [2.45, 2.75) is 26.3 Å². The highest BCUT2D eigenvalue weighted by Gasteiger charge is 2.21. The van der Waals surface area contributed by atoms with Crippen molar-refractivity contribution >= 4 is 23.1 Å².